The fraction of sp³-hybridized carbons (Fsp3) is 0.167. The van der Waals surface area contributed by atoms with Gasteiger partial charge < -0.3 is 9.80 Å². The van der Waals surface area contributed by atoms with E-state index in [0.717, 1.165) is 13.2 Å². The third-order valence-electron chi connectivity index (χ3n) is 2.28. The average Bonchev–Trinajstić information content (AvgIpc) is 2.67. The number of benzene rings is 1. The fourth-order valence-electron chi connectivity index (χ4n) is 1.52. The number of nitrogens with zero attached hydrogens (tertiary/aromatic N) is 2. The Labute approximate surface area is 84.8 Å². The molecule has 1 heterocycles. The van der Waals surface area contributed by atoms with Crippen LogP contribution in [0.5, 0.6) is 0 Å². The molecular formula is C12H14N2. The molecular weight excluding hydrogens is 172 g/mol. The predicted octanol–water partition coefficient (Wildman–Crippen LogP) is 2.38. The fourth-order valence-corrected chi connectivity index (χ4v) is 1.52. The highest BCUT2D eigenvalue weighted by Gasteiger charge is 2.08. The first kappa shape index (κ1) is 8.88. The van der Waals surface area contributed by atoms with E-state index in [1.54, 1.807) is 0 Å². The lowest BCUT2D eigenvalue weighted by Crippen LogP contribution is -2.21. The van der Waals surface area contributed by atoms with E-state index in [1.807, 2.05) is 18.5 Å². The van der Waals surface area contributed by atoms with E-state index in [0.29, 0.717) is 0 Å². The van der Waals surface area contributed by atoms with Crippen molar-refractivity contribution in [2.75, 3.05) is 6.67 Å². The summed E-state index contributed by atoms with van der Waals surface area (Å²) in [5.74, 6) is 0. The molecule has 0 aromatic heterocycles. The molecule has 14 heavy (non-hydrogen) atoms. The summed E-state index contributed by atoms with van der Waals surface area (Å²) >= 11 is 0. The lowest BCUT2D eigenvalue weighted by atomic mass is 10.2. The third kappa shape index (κ3) is 1.96. The number of rotatable bonds is 3. The van der Waals surface area contributed by atoms with Crippen LogP contribution in [0.3, 0.4) is 0 Å². The summed E-state index contributed by atoms with van der Waals surface area (Å²) in [4.78, 5) is 4.31. The Hall–Kier alpha value is -1.70. The summed E-state index contributed by atoms with van der Waals surface area (Å²) < 4.78 is 0. The maximum absolute atomic E-state index is 3.73. The normalized spacial score (nSPS) is 14.9. The molecule has 1 aliphatic heterocycles. The van der Waals surface area contributed by atoms with Gasteiger partial charge in [-0.3, -0.25) is 0 Å². The molecule has 0 unspecified atom stereocenters. The SMILES string of the molecule is C=CN1C=CN(Cc2ccccc2)C1. The van der Waals surface area contributed by atoms with Crippen molar-refractivity contribution >= 4 is 0 Å². The van der Waals surface area contributed by atoms with Crippen molar-refractivity contribution in [2.45, 2.75) is 6.54 Å². The van der Waals surface area contributed by atoms with Crippen molar-refractivity contribution in [1.82, 2.24) is 9.80 Å². The largest absolute Gasteiger partial charge is 0.354 e. The second kappa shape index (κ2) is 4.01. The summed E-state index contributed by atoms with van der Waals surface area (Å²) in [7, 11) is 0. The Balaban J connectivity index is 1.95. The zero-order valence-electron chi connectivity index (χ0n) is 8.13. The molecule has 0 bridgehead atoms. The molecule has 1 aliphatic rings. The molecule has 2 nitrogen and oxygen atoms in total. The van der Waals surface area contributed by atoms with Gasteiger partial charge in [-0.25, -0.2) is 0 Å². The summed E-state index contributed by atoms with van der Waals surface area (Å²) in [6.45, 7) is 5.59. The summed E-state index contributed by atoms with van der Waals surface area (Å²) in [5.41, 5.74) is 1.34. The standard InChI is InChI=1S/C12H14N2/c1-2-13-8-9-14(11-13)10-12-6-4-3-5-7-12/h2-9H,1,10-11H2. The van der Waals surface area contributed by atoms with Gasteiger partial charge in [0.2, 0.25) is 0 Å². The van der Waals surface area contributed by atoms with Crippen LogP contribution in [0.4, 0.5) is 0 Å². The van der Waals surface area contributed by atoms with Gasteiger partial charge in [-0.05, 0) is 11.8 Å². The zero-order valence-corrected chi connectivity index (χ0v) is 8.13. The van der Waals surface area contributed by atoms with Crippen molar-refractivity contribution in [2.24, 2.45) is 0 Å². The Kier molecular flexibility index (Phi) is 2.54. The van der Waals surface area contributed by atoms with Crippen molar-refractivity contribution in [3.05, 3.63) is 61.1 Å². The van der Waals surface area contributed by atoms with Gasteiger partial charge in [0.25, 0.3) is 0 Å². The van der Waals surface area contributed by atoms with E-state index in [2.05, 4.69) is 46.8 Å². The van der Waals surface area contributed by atoms with Gasteiger partial charge in [0.05, 0.1) is 6.67 Å². The molecule has 0 N–H and O–H groups in total. The van der Waals surface area contributed by atoms with Crippen LogP contribution in [0.2, 0.25) is 0 Å². The van der Waals surface area contributed by atoms with Crippen molar-refractivity contribution in [3.8, 4) is 0 Å². The molecule has 1 aromatic carbocycles. The number of hydrogen-bond acceptors (Lipinski definition) is 2. The zero-order chi connectivity index (χ0) is 9.80. The minimum Gasteiger partial charge on any atom is -0.354 e. The molecule has 0 spiro atoms. The van der Waals surface area contributed by atoms with E-state index in [-0.39, 0.29) is 0 Å². The lowest BCUT2D eigenvalue weighted by Gasteiger charge is -2.18. The molecule has 2 rings (SSSR count). The molecule has 0 saturated heterocycles. The van der Waals surface area contributed by atoms with Crippen molar-refractivity contribution in [3.63, 3.8) is 0 Å². The molecule has 0 radical (unpaired) electrons. The highest BCUT2D eigenvalue weighted by Crippen LogP contribution is 2.11. The first-order valence-corrected chi connectivity index (χ1v) is 4.73. The van der Waals surface area contributed by atoms with Crippen LogP contribution in [-0.2, 0) is 6.54 Å². The Bertz CT molecular complexity index is 329. The van der Waals surface area contributed by atoms with Crippen LogP contribution in [-0.4, -0.2) is 16.5 Å². The summed E-state index contributed by atoms with van der Waals surface area (Å²) in [6.07, 6.45) is 5.96. The Morgan fingerprint density at radius 3 is 2.64 bits per heavy atom. The number of hydrogen-bond donors (Lipinski definition) is 0. The van der Waals surface area contributed by atoms with Gasteiger partial charge in [-0.2, -0.15) is 0 Å². The van der Waals surface area contributed by atoms with Crippen LogP contribution in [0, 0.1) is 0 Å². The smallest absolute Gasteiger partial charge is 0.0939 e. The van der Waals surface area contributed by atoms with Gasteiger partial charge >= 0.3 is 0 Å². The lowest BCUT2D eigenvalue weighted by molar-refractivity contribution is 0.309. The quantitative estimate of drug-likeness (QED) is 0.715. The van der Waals surface area contributed by atoms with Crippen molar-refractivity contribution in [1.29, 1.82) is 0 Å². The summed E-state index contributed by atoms with van der Waals surface area (Å²) in [5, 5.41) is 0. The molecule has 0 atom stereocenters. The second-order valence-corrected chi connectivity index (χ2v) is 3.37. The average molecular weight is 186 g/mol. The predicted molar refractivity (Wildman–Crippen MR) is 58.0 cm³/mol. The van der Waals surface area contributed by atoms with Crippen LogP contribution < -0.4 is 0 Å². The van der Waals surface area contributed by atoms with E-state index >= 15 is 0 Å². The Morgan fingerprint density at radius 1 is 1.21 bits per heavy atom. The van der Waals surface area contributed by atoms with Gasteiger partial charge in [0.1, 0.15) is 0 Å². The molecule has 72 valence electrons. The molecule has 0 amide bonds. The highest BCUT2D eigenvalue weighted by molar-refractivity contribution is 5.15. The van der Waals surface area contributed by atoms with E-state index in [4.69, 9.17) is 0 Å². The minimum absolute atomic E-state index is 0.901. The molecule has 0 saturated carbocycles. The molecule has 2 heteroatoms. The van der Waals surface area contributed by atoms with Crippen LogP contribution in [0.1, 0.15) is 5.56 Å². The second-order valence-electron chi connectivity index (χ2n) is 3.37. The van der Waals surface area contributed by atoms with Gasteiger partial charge in [-0.1, -0.05) is 36.9 Å². The highest BCUT2D eigenvalue weighted by atomic mass is 15.3. The molecule has 0 fully saturated rings. The van der Waals surface area contributed by atoms with E-state index in [1.165, 1.54) is 5.56 Å². The topological polar surface area (TPSA) is 6.48 Å². The minimum atomic E-state index is 0.901. The third-order valence-corrected chi connectivity index (χ3v) is 2.28. The van der Waals surface area contributed by atoms with Gasteiger partial charge in [-0.15, -0.1) is 0 Å². The van der Waals surface area contributed by atoms with Crippen LogP contribution in [0.25, 0.3) is 0 Å². The van der Waals surface area contributed by atoms with Gasteiger partial charge in [0, 0.05) is 18.9 Å². The van der Waals surface area contributed by atoms with Crippen LogP contribution in [0.15, 0.2) is 55.5 Å². The summed E-state index contributed by atoms with van der Waals surface area (Å²) in [6, 6.07) is 10.5. The maximum atomic E-state index is 3.73. The Morgan fingerprint density at radius 2 is 2.00 bits per heavy atom. The maximum Gasteiger partial charge on any atom is 0.0939 e. The molecule has 1 aromatic rings. The van der Waals surface area contributed by atoms with E-state index in [9.17, 15) is 0 Å². The molecule has 0 aliphatic carbocycles. The van der Waals surface area contributed by atoms with E-state index < -0.39 is 0 Å². The first-order chi connectivity index (χ1) is 6.88. The van der Waals surface area contributed by atoms with Gasteiger partial charge in [0.15, 0.2) is 0 Å². The van der Waals surface area contributed by atoms with Crippen LogP contribution >= 0.6 is 0 Å². The van der Waals surface area contributed by atoms with Crippen molar-refractivity contribution < 1.29 is 0 Å². The monoisotopic (exact) mass is 186 g/mol. The first-order valence-electron chi connectivity index (χ1n) is 4.73.